The molecular formula is C26H30FN5O5S. The number of nitrogens with one attached hydrogen (secondary N) is 1. The van der Waals surface area contributed by atoms with Gasteiger partial charge in [0.05, 0.1) is 12.8 Å². The number of aromatic nitrogens is 1. The standard InChI is InChI=1S/C26H30FN5O5S/c1-14(2)10-11-30-25(35)22(16-6-9-18(33)19(12-16)37-3)32(13-15-4-7-17(27)8-5-15)26(36)23-20(28)21(24(29)34)31-38-23/h4-9,12,14,22,33H,10-11,13,28H2,1-3H3,(H2,29,34)(H,30,35)/t22-/m1/s1. The van der Waals surface area contributed by atoms with E-state index in [4.69, 9.17) is 16.2 Å². The maximum Gasteiger partial charge on any atom is 0.270 e. The molecule has 0 bridgehead atoms. The smallest absolute Gasteiger partial charge is 0.270 e. The molecule has 0 unspecified atom stereocenters. The third-order valence-electron chi connectivity index (χ3n) is 5.78. The molecule has 3 amide bonds. The number of nitrogens with zero attached hydrogens (tertiary/aromatic N) is 2. The molecule has 1 aromatic heterocycles. The number of amides is 3. The molecule has 1 heterocycles. The number of nitrogens with two attached hydrogens (primary N) is 2. The first-order valence-electron chi connectivity index (χ1n) is 11.8. The Morgan fingerprint density at radius 2 is 1.87 bits per heavy atom. The third kappa shape index (κ3) is 6.57. The number of phenolic OH excluding ortho intramolecular Hbond substituents is 1. The van der Waals surface area contributed by atoms with Crippen LogP contribution in [0.3, 0.4) is 0 Å². The fourth-order valence-corrected chi connectivity index (χ4v) is 4.51. The average Bonchev–Trinajstić information content (AvgIpc) is 3.26. The molecule has 0 aliphatic heterocycles. The minimum Gasteiger partial charge on any atom is -0.504 e. The molecule has 0 aliphatic carbocycles. The molecule has 12 heteroatoms. The van der Waals surface area contributed by atoms with Crippen LogP contribution in [0.15, 0.2) is 42.5 Å². The van der Waals surface area contributed by atoms with Gasteiger partial charge in [0.15, 0.2) is 17.2 Å². The minimum atomic E-state index is -1.22. The van der Waals surface area contributed by atoms with Crippen molar-refractivity contribution < 1.29 is 28.6 Å². The number of nitrogen functional groups attached to an aromatic ring is 1. The van der Waals surface area contributed by atoms with Crippen molar-refractivity contribution in [3.8, 4) is 11.5 Å². The zero-order valence-corrected chi connectivity index (χ0v) is 22.0. The molecule has 3 aromatic rings. The maximum absolute atomic E-state index is 13.9. The Kier molecular flexibility index (Phi) is 9.24. The molecule has 3 rings (SSSR count). The maximum atomic E-state index is 13.9. The van der Waals surface area contributed by atoms with E-state index < -0.39 is 29.6 Å². The van der Waals surface area contributed by atoms with E-state index in [-0.39, 0.29) is 34.3 Å². The fourth-order valence-electron chi connectivity index (χ4n) is 3.74. The Balaban J connectivity index is 2.14. The number of aromatic hydroxyl groups is 1. The summed E-state index contributed by atoms with van der Waals surface area (Å²) in [4.78, 5) is 40.5. The second-order valence-electron chi connectivity index (χ2n) is 9.01. The highest BCUT2D eigenvalue weighted by molar-refractivity contribution is 7.09. The highest BCUT2D eigenvalue weighted by atomic mass is 32.1. The molecule has 2 aromatic carbocycles. The van der Waals surface area contributed by atoms with Crippen LogP contribution in [-0.2, 0) is 11.3 Å². The van der Waals surface area contributed by atoms with Crippen LogP contribution in [0, 0.1) is 11.7 Å². The summed E-state index contributed by atoms with van der Waals surface area (Å²) >= 11 is 0.687. The Hall–Kier alpha value is -4.19. The molecule has 10 nitrogen and oxygen atoms in total. The summed E-state index contributed by atoms with van der Waals surface area (Å²) in [6.07, 6.45) is 0.701. The first-order valence-corrected chi connectivity index (χ1v) is 12.6. The first-order chi connectivity index (χ1) is 18.0. The van der Waals surface area contributed by atoms with Crippen LogP contribution in [0.4, 0.5) is 10.1 Å². The lowest BCUT2D eigenvalue weighted by Crippen LogP contribution is -2.43. The second kappa shape index (κ2) is 12.4. The van der Waals surface area contributed by atoms with Crippen LogP contribution in [0.2, 0.25) is 0 Å². The normalized spacial score (nSPS) is 11.7. The number of anilines is 1. The van der Waals surface area contributed by atoms with Gasteiger partial charge in [-0.2, -0.15) is 4.37 Å². The van der Waals surface area contributed by atoms with E-state index in [2.05, 4.69) is 9.69 Å². The Labute approximate surface area is 223 Å². The fraction of sp³-hybridized carbons (Fsp3) is 0.308. The number of carbonyl (C=O) groups excluding carboxylic acids is 3. The highest BCUT2D eigenvalue weighted by Gasteiger charge is 2.35. The second-order valence-corrected chi connectivity index (χ2v) is 9.78. The van der Waals surface area contributed by atoms with E-state index >= 15 is 0 Å². The van der Waals surface area contributed by atoms with Crippen LogP contribution >= 0.6 is 11.5 Å². The van der Waals surface area contributed by atoms with E-state index in [9.17, 15) is 23.9 Å². The lowest BCUT2D eigenvalue weighted by atomic mass is 10.0. The molecule has 1 atom stereocenters. The molecule has 0 radical (unpaired) electrons. The predicted octanol–water partition coefficient (Wildman–Crippen LogP) is 3.22. The van der Waals surface area contributed by atoms with Gasteiger partial charge < -0.3 is 31.5 Å². The van der Waals surface area contributed by atoms with Gasteiger partial charge in [-0.1, -0.05) is 32.0 Å². The summed E-state index contributed by atoms with van der Waals surface area (Å²) in [5, 5.41) is 13.0. The van der Waals surface area contributed by atoms with Crippen molar-refractivity contribution in [2.45, 2.75) is 32.9 Å². The van der Waals surface area contributed by atoms with Crippen LogP contribution in [0.5, 0.6) is 11.5 Å². The molecule has 0 fully saturated rings. The zero-order chi connectivity index (χ0) is 28.0. The summed E-state index contributed by atoms with van der Waals surface area (Å²) in [7, 11) is 1.36. The summed E-state index contributed by atoms with van der Waals surface area (Å²) in [6, 6.07) is 8.56. The van der Waals surface area contributed by atoms with Gasteiger partial charge in [-0.25, -0.2) is 4.39 Å². The van der Waals surface area contributed by atoms with E-state index in [0.717, 1.165) is 0 Å². The number of hydrogen-bond donors (Lipinski definition) is 4. The summed E-state index contributed by atoms with van der Waals surface area (Å²) in [5.74, 6) is -2.26. The number of hydrogen-bond acceptors (Lipinski definition) is 8. The van der Waals surface area contributed by atoms with E-state index in [1.165, 1.54) is 54.5 Å². The number of phenols is 1. The van der Waals surface area contributed by atoms with Gasteiger partial charge in [-0.3, -0.25) is 14.4 Å². The zero-order valence-electron chi connectivity index (χ0n) is 21.2. The number of carbonyl (C=O) groups is 3. The van der Waals surface area contributed by atoms with Gasteiger partial charge in [0.1, 0.15) is 16.7 Å². The Morgan fingerprint density at radius 1 is 1.18 bits per heavy atom. The van der Waals surface area contributed by atoms with Crippen LogP contribution in [-0.4, -0.2) is 45.8 Å². The first kappa shape index (κ1) is 28.4. The number of methoxy groups -OCH3 is 1. The van der Waals surface area contributed by atoms with Gasteiger partial charge >= 0.3 is 0 Å². The van der Waals surface area contributed by atoms with Gasteiger partial charge in [0.25, 0.3) is 11.8 Å². The molecule has 0 saturated heterocycles. The Bertz CT molecular complexity index is 1310. The SMILES string of the molecule is COc1cc([C@H](C(=O)NCCC(C)C)N(Cc2ccc(F)cc2)C(=O)c2snc(C(N)=O)c2N)ccc1O. The molecule has 202 valence electrons. The molecular weight excluding hydrogens is 513 g/mol. The van der Waals surface area contributed by atoms with Crippen LogP contribution in [0.1, 0.15) is 57.6 Å². The lowest BCUT2D eigenvalue weighted by Gasteiger charge is -2.31. The molecule has 0 saturated carbocycles. The van der Waals surface area contributed by atoms with E-state index in [1.54, 1.807) is 0 Å². The number of benzene rings is 2. The lowest BCUT2D eigenvalue weighted by molar-refractivity contribution is -0.126. The van der Waals surface area contributed by atoms with E-state index in [0.29, 0.717) is 41.5 Å². The van der Waals surface area contributed by atoms with Crippen molar-refractivity contribution in [3.63, 3.8) is 0 Å². The van der Waals surface area contributed by atoms with Gasteiger partial charge in [-0.05, 0) is 59.3 Å². The van der Waals surface area contributed by atoms with Gasteiger partial charge in [0, 0.05) is 13.1 Å². The summed E-state index contributed by atoms with van der Waals surface area (Å²) in [6.45, 7) is 4.27. The van der Waals surface area contributed by atoms with Crippen molar-refractivity contribution in [2.75, 3.05) is 19.4 Å². The van der Waals surface area contributed by atoms with Crippen molar-refractivity contribution in [2.24, 2.45) is 11.7 Å². The monoisotopic (exact) mass is 543 g/mol. The number of halogens is 1. The summed E-state index contributed by atoms with van der Waals surface area (Å²) in [5.41, 5.74) is 11.8. The van der Waals surface area contributed by atoms with Crippen molar-refractivity contribution in [1.82, 2.24) is 14.6 Å². The van der Waals surface area contributed by atoms with Crippen molar-refractivity contribution in [3.05, 3.63) is 70.0 Å². The largest absolute Gasteiger partial charge is 0.504 e. The summed E-state index contributed by atoms with van der Waals surface area (Å²) < 4.78 is 22.7. The third-order valence-corrected chi connectivity index (χ3v) is 6.63. The highest BCUT2D eigenvalue weighted by Crippen LogP contribution is 2.34. The number of rotatable bonds is 11. The minimum absolute atomic E-state index is 0.0772. The quantitative estimate of drug-likeness (QED) is 0.289. The molecule has 38 heavy (non-hydrogen) atoms. The van der Waals surface area contributed by atoms with Gasteiger partial charge in [0.2, 0.25) is 5.91 Å². The van der Waals surface area contributed by atoms with Gasteiger partial charge in [-0.15, -0.1) is 0 Å². The van der Waals surface area contributed by atoms with Crippen molar-refractivity contribution >= 4 is 34.9 Å². The van der Waals surface area contributed by atoms with Crippen molar-refractivity contribution in [1.29, 1.82) is 0 Å². The topological polar surface area (TPSA) is 161 Å². The van der Waals surface area contributed by atoms with Crippen LogP contribution in [0.25, 0.3) is 0 Å². The Morgan fingerprint density at radius 3 is 2.45 bits per heavy atom. The molecule has 6 N–H and O–H groups in total. The molecule has 0 spiro atoms. The average molecular weight is 544 g/mol. The number of primary amides is 1. The predicted molar refractivity (Wildman–Crippen MR) is 141 cm³/mol. The molecule has 0 aliphatic rings. The van der Waals surface area contributed by atoms with E-state index in [1.807, 2.05) is 13.8 Å². The van der Waals surface area contributed by atoms with Crippen LogP contribution < -0.4 is 21.5 Å². The number of ether oxygens (including phenoxy) is 1.